The second-order valence-corrected chi connectivity index (χ2v) is 5.59. The third-order valence-corrected chi connectivity index (χ3v) is 3.84. The molecule has 4 heteroatoms. The summed E-state index contributed by atoms with van der Waals surface area (Å²) >= 11 is 3.48. The minimum atomic E-state index is -0.0258. The number of hydrogen-bond donors (Lipinski definition) is 1. The molecule has 98 valence electrons. The first-order chi connectivity index (χ1) is 8.63. The highest BCUT2D eigenvalue weighted by Crippen LogP contribution is 2.27. The van der Waals surface area contributed by atoms with Crippen molar-refractivity contribution in [1.82, 2.24) is 5.32 Å². The summed E-state index contributed by atoms with van der Waals surface area (Å²) in [4.78, 5) is 14.3. The van der Waals surface area contributed by atoms with Gasteiger partial charge in [-0.1, -0.05) is 28.9 Å². The fraction of sp³-hybridized carbons (Fsp3) is 0.500. The van der Waals surface area contributed by atoms with Crippen molar-refractivity contribution in [3.8, 4) is 0 Å². The number of rotatable bonds is 3. The Kier molecular flexibility index (Phi) is 4.40. The van der Waals surface area contributed by atoms with E-state index in [9.17, 15) is 4.79 Å². The summed E-state index contributed by atoms with van der Waals surface area (Å²) < 4.78 is 1.02. The topological polar surface area (TPSA) is 32.3 Å². The number of carbonyl (C=O) groups excluding carboxylic acids is 1. The number of aryl methyl sites for hydroxylation is 1. The summed E-state index contributed by atoms with van der Waals surface area (Å²) in [6.07, 6.45) is 1.99. The molecule has 2 rings (SSSR count). The molecule has 0 aromatic heterocycles. The van der Waals surface area contributed by atoms with Crippen LogP contribution in [0.1, 0.15) is 25.3 Å². The van der Waals surface area contributed by atoms with Crippen LogP contribution >= 0.6 is 15.9 Å². The molecule has 0 bridgehead atoms. The standard InChI is InChI=1S/C14H19BrN2O/c1-3-16-12-5-4-8-17(14(12)18)13-9-11(15)7-6-10(13)2/h6-7,9,12,16H,3-5,8H2,1-2H3. The molecule has 1 aromatic carbocycles. The highest BCUT2D eigenvalue weighted by atomic mass is 79.9. The summed E-state index contributed by atoms with van der Waals surface area (Å²) in [5.41, 5.74) is 2.17. The summed E-state index contributed by atoms with van der Waals surface area (Å²) in [6.45, 7) is 5.74. The predicted octanol–water partition coefficient (Wildman–Crippen LogP) is 2.86. The van der Waals surface area contributed by atoms with Crippen molar-refractivity contribution in [2.24, 2.45) is 0 Å². The monoisotopic (exact) mass is 310 g/mol. The Morgan fingerprint density at radius 1 is 1.50 bits per heavy atom. The Morgan fingerprint density at radius 3 is 3.00 bits per heavy atom. The number of nitrogens with one attached hydrogen (secondary N) is 1. The van der Waals surface area contributed by atoms with Gasteiger partial charge in [0.25, 0.3) is 0 Å². The van der Waals surface area contributed by atoms with Crippen LogP contribution in [0.5, 0.6) is 0 Å². The van der Waals surface area contributed by atoms with Crippen molar-refractivity contribution in [3.63, 3.8) is 0 Å². The molecular weight excluding hydrogens is 292 g/mol. The minimum absolute atomic E-state index is 0.0258. The molecule has 1 saturated heterocycles. The number of carbonyl (C=O) groups is 1. The fourth-order valence-electron chi connectivity index (χ4n) is 2.42. The van der Waals surface area contributed by atoms with Crippen LogP contribution in [0.4, 0.5) is 5.69 Å². The summed E-state index contributed by atoms with van der Waals surface area (Å²) in [6, 6.07) is 6.06. The van der Waals surface area contributed by atoms with Crippen molar-refractivity contribution < 1.29 is 4.79 Å². The first-order valence-electron chi connectivity index (χ1n) is 6.44. The zero-order valence-corrected chi connectivity index (χ0v) is 12.5. The Balaban J connectivity index is 2.26. The van der Waals surface area contributed by atoms with Gasteiger partial charge in [0.15, 0.2) is 0 Å². The molecule has 1 atom stereocenters. The van der Waals surface area contributed by atoms with Crippen molar-refractivity contribution >= 4 is 27.5 Å². The van der Waals surface area contributed by atoms with Crippen LogP contribution < -0.4 is 10.2 Å². The van der Waals surface area contributed by atoms with Gasteiger partial charge in [0.2, 0.25) is 5.91 Å². The second kappa shape index (κ2) is 5.85. The van der Waals surface area contributed by atoms with Gasteiger partial charge in [0.1, 0.15) is 0 Å². The third kappa shape index (κ3) is 2.75. The number of halogens is 1. The molecule has 1 fully saturated rings. The number of benzene rings is 1. The van der Waals surface area contributed by atoms with Crippen LogP contribution in [0.2, 0.25) is 0 Å². The number of piperidine rings is 1. The molecule has 18 heavy (non-hydrogen) atoms. The normalized spacial score (nSPS) is 20.3. The van der Waals surface area contributed by atoms with E-state index in [1.165, 1.54) is 0 Å². The molecule has 3 nitrogen and oxygen atoms in total. The Bertz CT molecular complexity index is 445. The van der Waals surface area contributed by atoms with E-state index in [0.717, 1.165) is 41.7 Å². The Morgan fingerprint density at radius 2 is 2.28 bits per heavy atom. The van der Waals surface area contributed by atoms with Crippen molar-refractivity contribution in [1.29, 1.82) is 0 Å². The summed E-state index contributed by atoms with van der Waals surface area (Å²) in [7, 11) is 0. The maximum atomic E-state index is 12.4. The molecular formula is C14H19BrN2O. The Labute approximate surface area is 117 Å². The van der Waals surface area contributed by atoms with Gasteiger partial charge in [-0.25, -0.2) is 0 Å². The van der Waals surface area contributed by atoms with E-state index < -0.39 is 0 Å². The lowest BCUT2D eigenvalue weighted by Gasteiger charge is -2.33. The molecule has 1 heterocycles. The van der Waals surface area contributed by atoms with Gasteiger partial charge in [0.05, 0.1) is 6.04 Å². The van der Waals surface area contributed by atoms with Crippen LogP contribution in [0, 0.1) is 6.92 Å². The van der Waals surface area contributed by atoms with Crippen LogP contribution in [0.3, 0.4) is 0 Å². The van der Waals surface area contributed by atoms with Crippen LogP contribution in [-0.2, 0) is 4.79 Å². The van der Waals surface area contributed by atoms with Crippen molar-refractivity contribution in [2.75, 3.05) is 18.0 Å². The lowest BCUT2D eigenvalue weighted by Crippen LogP contribution is -2.51. The van der Waals surface area contributed by atoms with Crippen LogP contribution in [0.15, 0.2) is 22.7 Å². The predicted molar refractivity (Wildman–Crippen MR) is 77.9 cm³/mol. The number of amides is 1. The Hall–Kier alpha value is -0.870. The zero-order chi connectivity index (χ0) is 13.1. The lowest BCUT2D eigenvalue weighted by atomic mass is 10.0. The SMILES string of the molecule is CCNC1CCCN(c2cc(Br)ccc2C)C1=O. The first-order valence-corrected chi connectivity index (χ1v) is 7.23. The largest absolute Gasteiger partial charge is 0.311 e. The molecule has 0 spiro atoms. The van der Waals surface area contributed by atoms with Crippen molar-refractivity contribution in [2.45, 2.75) is 32.7 Å². The van der Waals surface area contributed by atoms with Gasteiger partial charge in [0, 0.05) is 16.7 Å². The second-order valence-electron chi connectivity index (χ2n) is 4.67. The number of hydrogen-bond acceptors (Lipinski definition) is 2. The van der Waals surface area contributed by atoms with E-state index in [1.807, 2.05) is 36.9 Å². The first kappa shape index (κ1) is 13.6. The van der Waals surface area contributed by atoms with E-state index in [-0.39, 0.29) is 11.9 Å². The number of likely N-dealkylation sites (N-methyl/N-ethyl adjacent to an activating group) is 1. The fourth-order valence-corrected chi connectivity index (χ4v) is 2.77. The van der Waals surface area contributed by atoms with Crippen LogP contribution in [-0.4, -0.2) is 25.0 Å². The smallest absolute Gasteiger partial charge is 0.244 e. The molecule has 1 amide bonds. The van der Waals surface area contributed by atoms with Gasteiger partial charge < -0.3 is 10.2 Å². The van der Waals surface area contributed by atoms with Gasteiger partial charge >= 0.3 is 0 Å². The molecule has 0 saturated carbocycles. The van der Waals surface area contributed by atoms with Crippen LogP contribution in [0.25, 0.3) is 0 Å². The van der Waals surface area contributed by atoms with Gasteiger partial charge in [-0.05, 0) is 44.0 Å². The summed E-state index contributed by atoms with van der Waals surface area (Å²) in [5.74, 6) is 0.198. The third-order valence-electron chi connectivity index (χ3n) is 3.35. The van der Waals surface area contributed by atoms with E-state index in [2.05, 4.69) is 21.2 Å². The maximum absolute atomic E-state index is 12.4. The maximum Gasteiger partial charge on any atom is 0.244 e. The average molecular weight is 311 g/mol. The molecule has 0 radical (unpaired) electrons. The quantitative estimate of drug-likeness (QED) is 0.931. The van der Waals surface area contributed by atoms with Gasteiger partial charge in [-0.15, -0.1) is 0 Å². The molecule has 0 aliphatic carbocycles. The van der Waals surface area contributed by atoms with Crippen molar-refractivity contribution in [3.05, 3.63) is 28.2 Å². The minimum Gasteiger partial charge on any atom is -0.311 e. The molecule has 1 aliphatic rings. The highest BCUT2D eigenvalue weighted by Gasteiger charge is 2.29. The van der Waals surface area contributed by atoms with Gasteiger partial charge in [-0.2, -0.15) is 0 Å². The molecule has 1 N–H and O–H groups in total. The van der Waals surface area contributed by atoms with E-state index in [0.29, 0.717) is 0 Å². The zero-order valence-electron chi connectivity index (χ0n) is 10.9. The molecule has 1 aliphatic heterocycles. The van der Waals surface area contributed by atoms with E-state index in [1.54, 1.807) is 0 Å². The average Bonchev–Trinajstić information content (AvgIpc) is 2.35. The highest BCUT2D eigenvalue weighted by molar-refractivity contribution is 9.10. The number of anilines is 1. The summed E-state index contributed by atoms with van der Waals surface area (Å²) in [5, 5.41) is 3.27. The molecule has 1 unspecified atom stereocenters. The van der Waals surface area contributed by atoms with Gasteiger partial charge in [-0.3, -0.25) is 4.79 Å². The van der Waals surface area contributed by atoms with E-state index >= 15 is 0 Å². The van der Waals surface area contributed by atoms with E-state index in [4.69, 9.17) is 0 Å². The lowest BCUT2D eigenvalue weighted by molar-refractivity contribution is -0.121. The number of nitrogens with zero attached hydrogens (tertiary/aromatic N) is 1. The molecule has 1 aromatic rings.